The second-order valence-electron chi connectivity index (χ2n) is 4.46. The molecule has 1 aliphatic carbocycles. The third kappa shape index (κ3) is 2.62. The molecule has 1 aliphatic heterocycles. The number of hydrazone groups is 1. The fourth-order valence-corrected chi connectivity index (χ4v) is 4.39. The molecule has 18 heavy (non-hydrogen) atoms. The third-order valence-corrected chi connectivity index (χ3v) is 5.89. The van der Waals surface area contributed by atoms with Crippen molar-refractivity contribution in [3.8, 4) is 0 Å². The summed E-state index contributed by atoms with van der Waals surface area (Å²) >= 11 is 5.52. The van der Waals surface area contributed by atoms with Crippen molar-refractivity contribution < 1.29 is 0 Å². The summed E-state index contributed by atoms with van der Waals surface area (Å²) in [7, 11) is 0. The Balaban J connectivity index is 1.57. The quantitative estimate of drug-likeness (QED) is 0.516. The lowest BCUT2D eigenvalue weighted by Crippen LogP contribution is -2.17. The standard InChI is InChI=1S/C13H14BrN3S/c14-10-6-7-11-12(10)18-13(16-11)17-15-8-9-4-2-1-3-5-9/h1-5,8,10-12H,6-7H2,(H,16,17)/b15-8-/t10-,11-,12+/m1/s1. The van der Waals surface area contributed by atoms with Gasteiger partial charge in [0.1, 0.15) is 0 Å². The van der Waals surface area contributed by atoms with E-state index < -0.39 is 0 Å². The molecule has 0 aromatic heterocycles. The number of halogens is 1. The molecule has 3 nitrogen and oxygen atoms in total. The van der Waals surface area contributed by atoms with Gasteiger partial charge < -0.3 is 0 Å². The molecular weight excluding hydrogens is 310 g/mol. The van der Waals surface area contributed by atoms with Crippen molar-refractivity contribution in [1.29, 1.82) is 0 Å². The van der Waals surface area contributed by atoms with Gasteiger partial charge in [-0.05, 0) is 18.4 Å². The van der Waals surface area contributed by atoms with Crippen molar-refractivity contribution >= 4 is 39.1 Å². The predicted molar refractivity (Wildman–Crippen MR) is 81.7 cm³/mol. The highest BCUT2D eigenvalue weighted by atomic mass is 79.9. The minimum Gasteiger partial charge on any atom is -0.257 e. The molecule has 94 valence electrons. The van der Waals surface area contributed by atoms with Crippen LogP contribution in [0.25, 0.3) is 0 Å². The van der Waals surface area contributed by atoms with Gasteiger partial charge in [-0.2, -0.15) is 5.10 Å². The fraction of sp³-hybridized carbons (Fsp3) is 0.385. The smallest absolute Gasteiger partial charge is 0.177 e. The number of nitrogens with zero attached hydrogens (tertiary/aromatic N) is 2. The first-order chi connectivity index (χ1) is 8.83. The third-order valence-electron chi connectivity index (χ3n) is 3.18. The number of alkyl halides is 1. The van der Waals surface area contributed by atoms with Crippen molar-refractivity contribution in [2.24, 2.45) is 10.1 Å². The second-order valence-corrected chi connectivity index (χ2v) is 6.80. The zero-order chi connectivity index (χ0) is 12.4. The van der Waals surface area contributed by atoms with Crippen LogP contribution in [0.4, 0.5) is 0 Å². The van der Waals surface area contributed by atoms with Gasteiger partial charge in [-0.15, -0.1) is 0 Å². The summed E-state index contributed by atoms with van der Waals surface area (Å²) < 4.78 is 0. The van der Waals surface area contributed by atoms with Crippen LogP contribution in [0.15, 0.2) is 40.4 Å². The Morgan fingerprint density at radius 1 is 1.33 bits per heavy atom. The summed E-state index contributed by atoms with van der Waals surface area (Å²) in [6, 6.07) is 10.5. The molecule has 3 atom stereocenters. The van der Waals surface area contributed by atoms with Crippen LogP contribution in [0, 0.1) is 0 Å². The van der Waals surface area contributed by atoms with Gasteiger partial charge in [0.2, 0.25) is 0 Å². The Morgan fingerprint density at radius 3 is 2.94 bits per heavy atom. The number of hydrogen-bond donors (Lipinski definition) is 1. The second kappa shape index (κ2) is 5.45. The lowest BCUT2D eigenvalue weighted by Gasteiger charge is -2.09. The van der Waals surface area contributed by atoms with Gasteiger partial charge in [-0.1, -0.05) is 58.0 Å². The first-order valence-corrected chi connectivity index (χ1v) is 7.85. The molecular formula is C13H14BrN3S. The maximum Gasteiger partial charge on any atom is 0.177 e. The fourth-order valence-electron chi connectivity index (χ4n) is 2.26. The Kier molecular flexibility index (Phi) is 3.70. The predicted octanol–water partition coefficient (Wildman–Crippen LogP) is 3.01. The van der Waals surface area contributed by atoms with Crippen molar-refractivity contribution in [2.45, 2.75) is 29.0 Å². The lowest BCUT2D eigenvalue weighted by atomic mass is 10.2. The van der Waals surface area contributed by atoms with Crippen LogP contribution in [-0.2, 0) is 0 Å². The number of hydrogen-bond acceptors (Lipinski definition) is 4. The number of amidine groups is 1. The number of benzene rings is 1. The normalized spacial score (nSPS) is 30.5. The molecule has 3 rings (SSSR count). The Hall–Kier alpha value is -0.810. The average molecular weight is 324 g/mol. The van der Waals surface area contributed by atoms with Crippen LogP contribution in [0.5, 0.6) is 0 Å². The van der Waals surface area contributed by atoms with Gasteiger partial charge in [-0.25, -0.2) is 0 Å². The van der Waals surface area contributed by atoms with E-state index >= 15 is 0 Å². The molecule has 0 amide bonds. The van der Waals surface area contributed by atoms with Gasteiger partial charge in [0.15, 0.2) is 5.17 Å². The summed E-state index contributed by atoms with van der Waals surface area (Å²) in [5.74, 6) is 0. The van der Waals surface area contributed by atoms with Gasteiger partial charge in [-0.3, -0.25) is 10.4 Å². The Morgan fingerprint density at radius 2 is 2.17 bits per heavy atom. The van der Waals surface area contributed by atoms with Gasteiger partial charge in [0.05, 0.1) is 12.3 Å². The number of fused-ring (bicyclic) bond motifs is 1. The number of thioether (sulfide) groups is 1. The molecule has 1 heterocycles. The first kappa shape index (κ1) is 12.2. The molecule has 2 aliphatic rings. The molecule has 1 aromatic carbocycles. The molecule has 1 aromatic rings. The van der Waals surface area contributed by atoms with Crippen LogP contribution >= 0.6 is 27.7 Å². The SMILES string of the molecule is Br[C@@H]1CC[C@H]2N=C(N/N=C\c3ccccc3)S[C@@H]12. The van der Waals surface area contributed by atoms with E-state index in [0.717, 1.165) is 10.7 Å². The van der Waals surface area contributed by atoms with Crippen molar-refractivity contribution in [2.75, 3.05) is 0 Å². The van der Waals surface area contributed by atoms with Gasteiger partial charge in [0.25, 0.3) is 0 Å². The van der Waals surface area contributed by atoms with Crippen LogP contribution < -0.4 is 5.43 Å². The van der Waals surface area contributed by atoms with E-state index in [9.17, 15) is 0 Å². The van der Waals surface area contributed by atoms with Crippen LogP contribution in [-0.4, -0.2) is 27.5 Å². The lowest BCUT2D eigenvalue weighted by molar-refractivity contribution is 0.729. The minimum atomic E-state index is 0.466. The van der Waals surface area contributed by atoms with Crippen LogP contribution in [0.3, 0.4) is 0 Å². The summed E-state index contributed by atoms with van der Waals surface area (Å²) in [6.45, 7) is 0. The monoisotopic (exact) mass is 323 g/mol. The molecule has 1 fully saturated rings. The maximum absolute atomic E-state index is 4.66. The molecule has 5 heteroatoms. The molecule has 1 N–H and O–H groups in total. The van der Waals surface area contributed by atoms with E-state index in [4.69, 9.17) is 0 Å². The highest BCUT2D eigenvalue weighted by Crippen LogP contribution is 2.41. The van der Waals surface area contributed by atoms with Gasteiger partial charge >= 0.3 is 0 Å². The van der Waals surface area contributed by atoms with E-state index in [1.807, 2.05) is 36.5 Å². The molecule has 0 radical (unpaired) electrons. The zero-order valence-corrected chi connectivity index (χ0v) is 12.2. The van der Waals surface area contributed by atoms with E-state index in [0.29, 0.717) is 16.1 Å². The summed E-state index contributed by atoms with van der Waals surface area (Å²) in [5, 5.41) is 5.76. The maximum atomic E-state index is 4.66. The van der Waals surface area contributed by atoms with E-state index in [-0.39, 0.29) is 0 Å². The van der Waals surface area contributed by atoms with Gasteiger partial charge in [0, 0.05) is 10.1 Å². The van der Waals surface area contributed by atoms with E-state index in [1.165, 1.54) is 12.8 Å². The topological polar surface area (TPSA) is 36.8 Å². The van der Waals surface area contributed by atoms with E-state index in [2.05, 4.69) is 31.4 Å². The summed E-state index contributed by atoms with van der Waals surface area (Å²) in [5.41, 5.74) is 4.13. The first-order valence-electron chi connectivity index (χ1n) is 6.05. The minimum absolute atomic E-state index is 0.466. The zero-order valence-electron chi connectivity index (χ0n) is 9.79. The van der Waals surface area contributed by atoms with Crippen molar-refractivity contribution in [3.63, 3.8) is 0 Å². The number of aliphatic imine (C=N–C) groups is 1. The summed E-state index contributed by atoms with van der Waals surface area (Å²) in [6.07, 6.45) is 4.23. The molecule has 1 saturated carbocycles. The highest BCUT2D eigenvalue weighted by Gasteiger charge is 2.40. The summed E-state index contributed by atoms with van der Waals surface area (Å²) in [4.78, 5) is 5.25. The number of nitrogens with one attached hydrogen (secondary N) is 1. The molecule has 0 bridgehead atoms. The molecule has 0 saturated heterocycles. The van der Waals surface area contributed by atoms with Crippen molar-refractivity contribution in [3.05, 3.63) is 35.9 Å². The number of rotatable bonds is 2. The molecule has 0 unspecified atom stereocenters. The largest absolute Gasteiger partial charge is 0.257 e. The Labute approximate surface area is 119 Å². The molecule has 0 spiro atoms. The van der Waals surface area contributed by atoms with E-state index in [1.54, 1.807) is 11.8 Å². The van der Waals surface area contributed by atoms with Crippen LogP contribution in [0.1, 0.15) is 18.4 Å². The van der Waals surface area contributed by atoms with Crippen LogP contribution in [0.2, 0.25) is 0 Å². The average Bonchev–Trinajstić information content (AvgIpc) is 2.94. The highest BCUT2D eigenvalue weighted by molar-refractivity contribution is 9.09. The van der Waals surface area contributed by atoms with Crippen molar-refractivity contribution in [1.82, 2.24) is 5.43 Å². The Bertz CT molecular complexity index is 474.